The highest BCUT2D eigenvalue weighted by Gasteiger charge is 2.39. The highest BCUT2D eigenvalue weighted by molar-refractivity contribution is 9.10. The van der Waals surface area contributed by atoms with E-state index in [9.17, 15) is 8.42 Å². The minimum Gasteiger partial charge on any atom is -0.307 e. The molecule has 0 amide bonds. The second-order valence-corrected chi connectivity index (χ2v) is 8.12. The summed E-state index contributed by atoms with van der Waals surface area (Å²) in [6.07, 6.45) is 3.34. The summed E-state index contributed by atoms with van der Waals surface area (Å²) in [4.78, 5) is 4.13. The summed E-state index contributed by atoms with van der Waals surface area (Å²) in [6.45, 7) is 4.52. The molecular formula is C12H19BrN4O2S. The van der Waals surface area contributed by atoms with Gasteiger partial charge in [-0.2, -0.15) is 4.31 Å². The van der Waals surface area contributed by atoms with E-state index in [1.807, 2.05) is 13.8 Å². The van der Waals surface area contributed by atoms with Crippen molar-refractivity contribution in [1.82, 2.24) is 9.29 Å². The second-order valence-electron chi connectivity index (χ2n) is 5.34. The number of hydrazine groups is 1. The van der Waals surface area contributed by atoms with Crippen molar-refractivity contribution in [1.29, 1.82) is 0 Å². The van der Waals surface area contributed by atoms with Crippen molar-refractivity contribution in [3.63, 3.8) is 0 Å². The molecule has 6 nitrogen and oxygen atoms in total. The Morgan fingerprint density at radius 3 is 2.70 bits per heavy atom. The molecule has 0 aliphatic heterocycles. The molecule has 1 heterocycles. The van der Waals surface area contributed by atoms with E-state index in [2.05, 4.69) is 26.3 Å². The lowest BCUT2D eigenvalue weighted by Crippen LogP contribution is -2.36. The highest BCUT2D eigenvalue weighted by Crippen LogP contribution is 2.35. The molecular weight excluding hydrogens is 344 g/mol. The standard InChI is InChI=1S/C12H19BrN4O2S/c1-8(2)7-17(10-3-4-10)20(18,19)11-5-9(13)6-15-12(11)16-14/h5-6,8,10H,3-4,7,14H2,1-2H3,(H,15,16). The van der Waals surface area contributed by atoms with Crippen molar-refractivity contribution in [2.24, 2.45) is 11.8 Å². The van der Waals surface area contributed by atoms with E-state index >= 15 is 0 Å². The first kappa shape index (κ1) is 15.7. The van der Waals surface area contributed by atoms with Crippen LogP contribution in [0, 0.1) is 5.92 Å². The first-order valence-corrected chi connectivity index (χ1v) is 8.73. The van der Waals surface area contributed by atoms with Crippen LogP contribution in [-0.4, -0.2) is 30.3 Å². The molecule has 0 saturated heterocycles. The maximum atomic E-state index is 12.9. The van der Waals surface area contributed by atoms with Crippen LogP contribution < -0.4 is 11.3 Å². The molecule has 1 saturated carbocycles. The SMILES string of the molecule is CC(C)CN(C1CC1)S(=O)(=O)c1cc(Br)cnc1NN. The molecule has 8 heteroatoms. The monoisotopic (exact) mass is 362 g/mol. The maximum Gasteiger partial charge on any atom is 0.247 e. The van der Waals surface area contributed by atoms with Crippen LogP contribution in [0.25, 0.3) is 0 Å². The van der Waals surface area contributed by atoms with Crippen molar-refractivity contribution in [3.05, 3.63) is 16.7 Å². The number of rotatable bonds is 6. The zero-order valence-electron chi connectivity index (χ0n) is 11.5. The lowest BCUT2D eigenvalue weighted by atomic mass is 10.2. The quantitative estimate of drug-likeness (QED) is 0.596. The van der Waals surface area contributed by atoms with Crippen LogP contribution in [-0.2, 0) is 10.0 Å². The van der Waals surface area contributed by atoms with Gasteiger partial charge in [0, 0.05) is 23.3 Å². The van der Waals surface area contributed by atoms with Gasteiger partial charge >= 0.3 is 0 Å². The number of nitrogens with zero attached hydrogens (tertiary/aromatic N) is 2. The third kappa shape index (κ3) is 3.30. The van der Waals surface area contributed by atoms with Gasteiger partial charge in [-0.05, 0) is 40.8 Å². The summed E-state index contributed by atoms with van der Waals surface area (Å²) in [7, 11) is -3.60. The Bertz CT molecular complexity index is 587. The lowest BCUT2D eigenvalue weighted by molar-refractivity contribution is 0.360. The molecule has 1 aliphatic rings. The fourth-order valence-corrected chi connectivity index (χ4v) is 4.48. The predicted octanol–water partition coefficient (Wildman–Crippen LogP) is 1.94. The minimum atomic E-state index is -3.60. The number of anilines is 1. The van der Waals surface area contributed by atoms with Gasteiger partial charge in [-0.1, -0.05) is 13.8 Å². The van der Waals surface area contributed by atoms with Crippen LogP contribution in [0.4, 0.5) is 5.82 Å². The number of halogens is 1. The van der Waals surface area contributed by atoms with E-state index in [4.69, 9.17) is 5.84 Å². The van der Waals surface area contributed by atoms with Gasteiger partial charge in [0.25, 0.3) is 0 Å². The predicted molar refractivity (Wildman–Crippen MR) is 81.5 cm³/mol. The van der Waals surface area contributed by atoms with Gasteiger partial charge in [0.15, 0.2) is 5.82 Å². The molecule has 1 aromatic heterocycles. The fourth-order valence-electron chi connectivity index (χ4n) is 2.02. The van der Waals surface area contributed by atoms with Gasteiger partial charge in [-0.25, -0.2) is 19.2 Å². The van der Waals surface area contributed by atoms with Crippen molar-refractivity contribution in [2.45, 2.75) is 37.6 Å². The Morgan fingerprint density at radius 2 is 2.20 bits per heavy atom. The van der Waals surface area contributed by atoms with E-state index in [0.717, 1.165) is 12.8 Å². The van der Waals surface area contributed by atoms with E-state index < -0.39 is 10.0 Å². The Kier molecular flexibility index (Phi) is 4.68. The first-order chi connectivity index (χ1) is 9.36. The summed E-state index contributed by atoms with van der Waals surface area (Å²) < 4.78 is 27.9. The van der Waals surface area contributed by atoms with Crippen LogP contribution in [0.2, 0.25) is 0 Å². The molecule has 112 valence electrons. The number of sulfonamides is 1. The molecule has 0 bridgehead atoms. The summed E-state index contributed by atoms with van der Waals surface area (Å²) in [6, 6.07) is 1.64. The highest BCUT2D eigenvalue weighted by atomic mass is 79.9. The molecule has 1 aliphatic carbocycles. The molecule has 0 spiro atoms. The zero-order valence-corrected chi connectivity index (χ0v) is 13.9. The normalized spacial score (nSPS) is 15.9. The Morgan fingerprint density at radius 1 is 1.55 bits per heavy atom. The fraction of sp³-hybridized carbons (Fsp3) is 0.583. The van der Waals surface area contributed by atoms with Gasteiger partial charge < -0.3 is 5.43 Å². The molecule has 0 aromatic carbocycles. The average Bonchev–Trinajstić information content (AvgIpc) is 3.19. The second kappa shape index (κ2) is 5.97. The van der Waals surface area contributed by atoms with Crippen LogP contribution in [0.5, 0.6) is 0 Å². The smallest absolute Gasteiger partial charge is 0.247 e. The maximum absolute atomic E-state index is 12.9. The topological polar surface area (TPSA) is 88.3 Å². The molecule has 2 rings (SSSR count). The van der Waals surface area contributed by atoms with Crippen LogP contribution in [0.15, 0.2) is 21.6 Å². The molecule has 1 aromatic rings. The number of nitrogen functional groups attached to an aromatic ring is 1. The number of hydrogen-bond acceptors (Lipinski definition) is 5. The molecule has 0 radical (unpaired) electrons. The summed E-state index contributed by atoms with van der Waals surface area (Å²) in [5, 5.41) is 0. The van der Waals surface area contributed by atoms with Gasteiger partial charge in [0.2, 0.25) is 10.0 Å². The van der Waals surface area contributed by atoms with E-state index in [0.29, 0.717) is 11.0 Å². The number of nitrogens with one attached hydrogen (secondary N) is 1. The van der Waals surface area contributed by atoms with Crippen LogP contribution >= 0.6 is 15.9 Å². The Labute approximate surface area is 127 Å². The van der Waals surface area contributed by atoms with Crippen LogP contribution in [0.1, 0.15) is 26.7 Å². The molecule has 3 N–H and O–H groups in total. The molecule has 20 heavy (non-hydrogen) atoms. The van der Waals surface area contributed by atoms with Gasteiger partial charge in [-0.15, -0.1) is 0 Å². The third-order valence-corrected chi connectivity index (χ3v) is 5.41. The number of aromatic nitrogens is 1. The van der Waals surface area contributed by atoms with Crippen molar-refractivity contribution in [2.75, 3.05) is 12.0 Å². The largest absolute Gasteiger partial charge is 0.307 e. The Hall–Kier alpha value is -0.700. The van der Waals surface area contributed by atoms with E-state index in [-0.39, 0.29) is 22.7 Å². The van der Waals surface area contributed by atoms with Crippen molar-refractivity contribution < 1.29 is 8.42 Å². The van der Waals surface area contributed by atoms with E-state index in [1.165, 1.54) is 12.3 Å². The first-order valence-electron chi connectivity index (χ1n) is 6.50. The summed E-state index contributed by atoms with van der Waals surface area (Å²) >= 11 is 3.26. The van der Waals surface area contributed by atoms with Crippen LogP contribution in [0.3, 0.4) is 0 Å². The zero-order chi connectivity index (χ0) is 14.9. The minimum absolute atomic E-state index is 0.104. The average molecular weight is 363 g/mol. The molecule has 1 fully saturated rings. The van der Waals surface area contributed by atoms with E-state index in [1.54, 1.807) is 4.31 Å². The summed E-state index contributed by atoms with van der Waals surface area (Å²) in [5.41, 5.74) is 2.36. The number of pyridine rings is 1. The van der Waals surface area contributed by atoms with Crippen molar-refractivity contribution in [3.8, 4) is 0 Å². The summed E-state index contributed by atoms with van der Waals surface area (Å²) in [5.74, 6) is 5.81. The molecule has 0 unspecified atom stereocenters. The van der Waals surface area contributed by atoms with Crippen molar-refractivity contribution >= 4 is 31.8 Å². The third-order valence-electron chi connectivity index (χ3n) is 3.04. The lowest BCUT2D eigenvalue weighted by Gasteiger charge is -2.24. The van der Waals surface area contributed by atoms with Gasteiger partial charge in [-0.3, -0.25) is 0 Å². The van der Waals surface area contributed by atoms with Gasteiger partial charge in [0.1, 0.15) is 4.90 Å². The number of hydrogen-bond donors (Lipinski definition) is 2. The molecule has 0 atom stereocenters. The van der Waals surface area contributed by atoms with Gasteiger partial charge in [0.05, 0.1) is 0 Å². The number of nitrogens with two attached hydrogens (primary N) is 1. The Balaban J connectivity index is 2.44.